The maximum absolute atomic E-state index is 10.9. The molecule has 0 saturated carbocycles. The third-order valence-corrected chi connectivity index (χ3v) is 3.40. The average Bonchev–Trinajstić information content (AvgIpc) is 2.91. The fourth-order valence-corrected chi connectivity index (χ4v) is 2.26. The topological polar surface area (TPSA) is 76.0 Å². The van der Waals surface area contributed by atoms with E-state index in [1.165, 1.54) is 0 Å². The Balaban J connectivity index is 1.83. The van der Waals surface area contributed by atoms with Crippen molar-refractivity contribution in [2.45, 2.75) is 6.54 Å². The molecule has 20 heavy (non-hydrogen) atoms. The molecule has 0 saturated heterocycles. The molecule has 1 heterocycles. The Labute approximate surface area is 118 Å². The van der Waals surface area contributed by atoms with Gasteiger partial charge < -0.3 is 5.32 Å². The zero-order valence-electron chi connectivity index (χ0n) is 11.3. The Bertz CT molecular complexity index is 638. The van der Waals surface area contributed by atoms with Gasteiger partial charge in [-0.1, -0.05) is 12.1 Å². The van der Waals surface area contributed by atoms with E-state index in [0.717, 1.165) is 17.5 Å². The maximum Gasteiger partial charge on any atom is 0.208 e. The van der Waals surface area contributed by atoms with E-state index in [9.17, 15) is 8.42 Å². The van der Waals surface area contributed by atoms with Crippen molar-refractivity contribution in [3.63, 3.8) is 0 Å². The second kappa shape index (κ2) is 6.65. The molecular weight excluding hydrogens is 276 g/mol. The molecule has 0 radical (unpaired) electrons. The van der Waals surface area contributed by atoms with Gasteiger partial charge in [-0.25, -0.2) is 17.8 Å². The van der Waals surface area contributed by atoms with Gasteiger partial charge in [-0.3, -0.25) is 0 Å². The minimum Gasteiger partial charge on any atom is -0.311 e. The standard InChI is InChI=1S/C13H18N4O2S/c1-20(18,19)16-8-7-14-11-12-4-2-5-13(10-12)17-9-3-6-15-17/h2-6,9-10,14,16H,7-8,11H2,1H3. The molecule has 0 atom stereocenters. The van der Waals surface area contributed by atoms with Crippen molar-refractivity contribution in [1.82, 2.24) is 19.8 Å². The van der Waals surface area contributed by atoms with Crippen molar-refractivity contribution in [2.24, 2.45) is 0 Å². The van der Waals surface area contributed by atoms with Crippen LogP contribution in [0.2, 0.25) is 0 Å². The van der Waals surface area contributed by atoms with Crippen molar-refractivity contribution in [1.29, 1.82) is 0 Å². The number of hydrogen-bond acceptors (Lipinski definition) is 4. The molecule has 0 aliphatic rings. The number of aromatic nitrogens is 2. The molecule has 0 spiro atoms. The van der Waals surface area contributed by atoms with Crippen LogP contribution in [0, 0.1) is 0 Å². The smallest absolute Gasteiger partial charge is 0.208 e. The lowest BCUT2D eigenvalue weighted by Gasteiger charge is -2.07. The van der Waals surface area contributed by atoms with Crippen molar-refractivity contribution < 1.29 is 8.42 Å². The molecule has 108 valence electrons. The zero-order valence-corrected chi connectivity index (χ0v) is 12.1. The molecule has 0 fully saturated rings. The molecule has 0 amide bonds. The molecule has 1 aromatic heterocycles. The molecule has 2 aromatic rings. The lowest BCUT2D eigenvalue weighted by molar-refractivity contribution is 0.582. The third kappa shape index (κ3) is 4.76. The van der Waals surface area contributed by atoms with Gasteiger partial charge in [0.25, 0.3) is 0 Å². The Morgan fingerprint density at radius 1 is 1.25 bits per heavy atom. The molecule has 2 N–H and O–H groups in total. The van der Waals surface area contributed by atoms with Crippen LogP contribution in [0.4, 0.5) is 0 Å². The van der Waals surface area contributed by atoms with Gasteiger partial charge in [-0.15, -0.1) is 0 Å². The van der Waals surface area contributed by atoms with E-state index in [1.807, 2.05) is 36.5 Å². The summed E-state index contributed by atoms with van der Waals surface area (Å²) in [4.78, 5) is 0. The van der Waals surface area contributed by atoms with Crippen LogP contribution in [0.15, 0.2) is 42.7 Å². The van der Waals surface area contributed by atoms with E-state index >= 15 is 0 Å². The highest BCUT2D eigenvalue weighted by Crippen LogP contribution is 2.09. The van der Waals surface area contributed by atoms with E-state index in [2.05, 4.69) is 15.1 Å². The fourth-order valence-electron chi connectivity index (χ4n) is 1.79. The molecule has 0 bridgehead atoms. The Morgan fingerprint density at radius 3 is 2.80 bits per heavy atom. The largest absolute Gasteiger partial charge is 0.311 e. The zero-order chi connectivity index (χ0) is 14.4. The lowest BCUT2D eigenvalue weighted by atomic mass is 10.2. The predicted octanol–water partition coefficient (Wildman–Crippen LogP) is 0.511. The first-order chi connectivity index (χ1) is 9.54. The summed E-state index contributed by atoms with van der Waals surface area (Å²) in [6.45, 7) is 1.65. The first-order valence-electron chi connectivity index (χ1n) is 6.29. The molecule has 6 nitrogen and oxygen atoms in total. The van der Waals surface area contributed by atoms with Crippen molar-refractivity contribution in [2.75, 3.05) is 19.3 Å². The Kier molecular flexibility index (Phi) is 4.89. The highest BCUT2D eigenvalue weighted by atomic mass is 32.2. The van der Waals surface area contributed by atoms with Crippen LogP contribution in [0.1, 0.15) is 5.56 Å². The summed E-state index contributed by atoms with van der Waals surface area (Å²) in [6.07, 6.45) is 4.78. The molecule has 7 heteroatoms. The highest BCUT2D eigenvalue weighted by molar-refractivity contribution is 7.88. The van der Waals surface area contributed by atoms with Crippen LogP contribution in [-0.4, -0.2) is 37.5 Å². The van der Waals surface area contributed by atoms with Crippen LogP contribution in [0.25, 0.3) is 5.69 Å². The molecule has 1 aromatic carbocycles. The van der Waals surface area contributed by atoms with Gasteiger partial charge in [0.1, 0.15) is 0 Å². The number of nitrogens with zero attached hydrogens (tertiary/aromatic N) is 2. The molecule has 0 unspecified atom stereocenters. The van der Waals surface area contributed by atoms with E-state index in [1.54, 1.807) is 10.9 Å². The van der Waals surface area contributed by atoms with Gasteiger partial charge >= 0.3 is 0 Å². The fraction of sp³-hybridized carbons (Fsp3) is 0.308. The lowest BCUT2D eigenvalue weighted by Crippen LogP contribution is -2.30. The van der Waals surface area contributed by atoms with E-state index in [0.29, 0.717) is 19.6 Å². The summed E-state index contributed by atoms with van der Waals surface area (Å²) in [5.41, 5.74) is 2.13. The average molecular weight is 294 g/mol. The summed E-state index contributed by atoms with van der Waals surface area (Å²) < 4.78 is 26.0. The van der Waals surface area contributed by atoms with Crippen molar-refractivity contribution in [3.8, 4) is 5.69 Å². The van der Waals surface area contributed by atoms with Crippen LogP contribution >= 0.6 is 0 Å². The van der Waals surface area contributed by atoms with Gasteiger partial charge in [0.05, 0.1) is 11.9 Å². The minimum atomic E-state index is -3.11. The Hall–Kier alpha value is -1.70. The minimum absolute atomic E-state index is 0.387. The summed E-state index contributed by atoms with van der Waals surface area (Å²) in [5.74, 6) is 0. The first-order valence-corrected chi connectivity index (χ1v) is 8.18. The highest BCUT2D eigenvalue weighted by Gasteiger charge is 2.00. The van der Waals surface area contributed by atoms with Gasteiger partial charge in [-0.05, 0) is 23.8 Å². The van der Waals surface area contributed by atoms with Gasteiger partial charge in [-0.2, -0.15) is 5.10 Å². The van der Waals surface area contributed by atoms with Crippen LogP contribution in [-0.2, 0) is 16.6 Å². The second-order valence-electron chi connectivity index (χ2n) is 4.46. The summed E-state index contributed by atoms with van der Waals surface area (Å²) >= 11 is 0. The van der Waals surface area contributed by atoms with Crippen molar-refractivity contribution in [3.05, 3.63) is 48.3 Å². The first kappa shape index (κ1) is 14.7. The number of nitrogens with one attached hydrogen (secondary N) is 2. The van der Waals surface area contributed by atoms with Crippen LogP contribution in [0.3, 0.4) is 0 Å². The van der Waals surface area contributed by atoms with Gasteiger partial charge in [0.2, 0.25) is 10.0 Å². The van der Waals surface area contributed by atoms with E-state index in [-0.39, 0.29) is 0 Å². The second-order valence-corrected chi connectivity index (χ2v) is 6.30. The molecule has 2 rings (SSSR count). The SMILES string of the molecule is CS(=O)(=O)NCCNCc1cccc(-n2cccn2)c1. The molecule has 0 aliphatic heterocycles. The summed E-state index contributed by atoms with van der Waals surface area (Å²) in [5, 5.41) is 7.37. The molecular formula is C13H18N4O2S. The van der Waals surface area contributed by atoms with E-state index in [4.69, 9.17) is 0 Å². The van der Waals surface area contributed by atoms with Crippen LogP contribution < -0.4 is 10.0 Å². The number of sulfonamides is 1. The van der Waals surface area contributed by atoms with Crippen LogP contribution in [0.5, 0.6) is 0 Å². The third-order valence-electron chi connectivity index (χ3n) is 2.67. The number of rotatable bonds is 7. The Morgan fingerprint density at radius 2 is 2.10 bits per heavy atom. The molecule has 0 aliphatic carbocycles. The normalized spacial score (nSPS) is 11.7. The van der Waals surface area contributed by atoms with Gasteiger partial charge in [0, 0.05) is 32.0 Å². The maximum atomic E-state index is 10.9. The summed E-state index contributed by atoms with van der Waals surface area (Å²) in [7, 11) is -3.11. The number of hydrogen-bond donors (Lipinski definition) is 2. The van der Waals surface area contributed by atoms with E-state index < -0.39 is 10.0 Å². The predicted molar refractivity (Wildman–Crippen MR) is 78.1 cm³/mol. The number of benzene rings is 1. The quantitative estimate of drug-likeness (QED) is 0.730. The monoisotopic (exact) mass is 294 g/mol. The van der Waals surface area contributed by atoms with Gasteiger partial charge in [0.15, 0.2) is 0 Å². The summed E-state index contributed by atoms with van der Waals surface area (Å²) in [6, 6.07) is 9.90. The van der Waals surface area contributed by atoms with Crippen molar-refractivity contribution >= 4 is 10.0 Å².